The van der Waals surface area contributed by atoms with E-state index in [2.05, 4.69) is 77.6 Å². The van der Waals surface area contributed by atoms with Crippen molar-refractivity contribution in [3.63, 3.8) is 0 Å². The Morgan fingerprint density at radius 3 is 2.08 bits per heavy atom. The number of hydrogen-bond donors (Lipinski definition) is 2. The van der Waals surface area contributed by atoms with E-state index in [1.807, 2.05) is 0 Å². The van der Waals surface area contributed by atoms with Gasteiger partial charge in [0.15, 0.2) is 0 Å². The molecule has 1 aromatic rings. The average Bonchev–Trinajstić information content (AvgIpc) is 2.68. The number of allylic oxidation sites excluding steroid dienone is 1. The molecule has 0 spiro atoms. The SMILES string of the molecule is CC=C(C(c1ccccc1)N1CCNCC1)C(C)(C)N1CCNCC1. The highest BCUT2D eigenvalue weighted by atomic mass is 15.3. The van der Waals surface area contributed by atoms with E-state index < -0.39 is 0 Å². The molecule has 4 nitrogen and oxygen atoms in total. The number of rotatable bonds is 5. The Balaban J connectivity index is 1.94. The molecule has 1 atom stereocenters. The highest BCUT2D eigenvalue weighted by Crippen LogP contribution is 2.38. The van der Waals surface area contributed by atoms with Gasteiger partial charge in [-0.15, -0.1) is 0 Å². The third-order valence-electron chi connectivity index (χ3n) is 5.85. The van der Waals surface area contributed by atoms with Crippen molar-refractivity contribution in [2.75, 3.05) is 52.4 Å². The number of nitrogens with zero attached hydrogens (tertiary/aromatic N) is 2. The largest absolute Gasteiger partial charge is 0.314 e. The normalized spacial score (nSPS) is 22.8. The van der Waals surface area contributed by atoms with Gasteiger partial charge in [0.05, 0.1) is 6.04 Å². The fourth-order valence-electron chi connectivity index (χ4n) is 4.41. The Hall–Kier alpha value is -1.20. The second kappa shape index (κ2) is 8.45. The van der Waals surface area contributed by atoms with Crippen molar-refractivity contribution in [3.05, 3.63) is 47.5 Å². The van der Waals surface area contributed by atoms with Gasteiger partial charge >= 0.3 is 0 Å². The number of benzene rings is 1. The maximum Gasteiger partial charge on any atom is 0.0579 e. The summed E-state index contributed by atoms with van der Waals surface area (Å²) in [6, 6.07) is 11.4. The predicted molar refractivity (Wildman–Crippen MR) is 106 cm³/mol. The van der Waals surface area contributed by atoms with Crippen molar-refractivity contribution in [1.29, 1.82) is 0 Å². The first-order valence-corrected chi connectivity index (χ1v) is 9.76. The Morgan fingerprint density at radius 2 is 1.52 bits per heavy atom. The summed E-state index contributed by atoms with van der Waals surface area (Å²) in [5, 5.41) is 6.99. The molecule has 138 valence electrons. The van der Waals surface area contributed by atoms with Gasteiger partial charge in [0.2, 0.25) is 0 Å². The Bertz CT molecular complexity index is 555. The maximum atomic E-state index is 3.50. The molecule has 4 heteroatoms. The number of piperazine rings is 2. The van der Waals surface area contributed by atoms with Crippen LogP contribution in [0.15, 0.2) is 42.0 Å². The molecule has 3 rings (SSSR count). The van der Waals surface area contributed by atoms with E-state index in [1.165, 1.54) is 11.1 Å². The molecule has 2 N–H and O–H groups in total. The minimum atomic E-state index is 0.0578. The van der Waals surface area contributed by atoms with Crippen molar-refractivity contribution in [1.82, 2.24) is 20.4 Å². The minimum Gasteiger partial charge on any atom is -0.314 e. The molecule has 0 saturated carbocycles. The molecular formula is C21H34N4. The van der Waals surface area contributed by atoms with Gasteiger partial charge in [-0.05, 0) is 31.9 Å². The van der Waals surface area contributed by atoms with Crippen LogP contribution >= 0.6 is 0 Å². The molecule has 1 unspecified atom stereocenters. The van der Waals surface area contributed by atoms with E-state index in [1.54, 1.807) is 0 Å². The summed E-state index contributed by atoms with van der Waals surface area (Å²) < 4.78 is 0. The first-order valence-electron chi connectivity index (χ1n) is 9.76. The molecule has 0 amide bonds. The van der Waals surface area contributed by atoms with Crippen LogP contribution in [0.3, 0.4) is 0 Å². The van der Waals surface area contributed by atoms with Gasteiger partial charge in [0.25, 0.3) is 0 Å². The standard InChI is InChI=1S/C21H34N4/c1-4-19(21(2,3)25-16-12-23-13-17-25)20(18-8-6-5-7-9-18)24-14-10-22-11-15-24/h4-9,20,22-23H,10-17H2,1-3H3. The van der Waals surface area contributed by atoms with Gasteiger partial charge in [0.1, 0.15) is 0 Å². The van der Waals surface area contributed by atoms with Gasteiger partial charge in [-0.2, -0.15) is 0 Å². The first-order chi connectivity index (χ1) is 12.1. The van der Waals surface area contributed by atoms with Crippen LogP contribution in [0.2, 0.25) is 0 Å². The van der Waals surface area contributed by atoms with Crippen molar-refractivity contribution in [3.8, 4) is 0 Å². The lowest BCUT2D eigenvalue weighted by Gasteiger charge is -2.48. The first kappa shape index (κ1) is 18.6. The molecular weight excluding hydrogens is 308 g/mol. The van der Waals surface area contributed by atoms with Crippen molar-refractivity contribution < 1.29 is 0 Å². The molecule has 0 aliphatic carbocycles. The van der Waals surface area contributed by atoms with Crippen LogP contribution in [0.4, 0.5) is 0 Å². The van der Waals surface area contributed by atoms with Gasteiger partial charge in [-0.25, -0.2) is 0 Å². The molecule has 25 heavy (non-hydrogen) atoms. The van der Waals surface area contributed by atoms with Crippen molar-refractivity contribution in [2.45, 2.75) is 32.4 Å². The molecule has 2 saturated heterocycles. The summed E-state index contributed by atoms with van der Waals surface area (Å²) in [5.74, 6) is 0. The van der Waals surface area contributed by atoms with E-state index in [4.69, 9.17) is 0 Å². The van der Waals surface area contributed by atoms with Crippen LogP contribution < -0.4 is 10.6 Å². The third kappa shape index (κ3) is 4.14. The van der Waals surface area contributed by atoms with Crippen molar-refractivity contribution >= 4 is 0 Å². The molecule has 1 aromatic carbocycles. The summed E-state index contributed by atoms with van der Waals surface area (Å²) >= 11 is 0. The van der Waals surface area contributed by atoms with Crippen LogP contribution in [0.5, 0.6) is 0 Å². The van der Waals surface area contributed by atoms with E-state index in [0.717, 1.165) is 52.4 Å². The zero-order valence-corrected chi connectivity index (χ0v) is 16.1. The van der Waals surface area contributed by atoms with Crippen LogP contribution in [-0.2, 0) is 0 Å². The smallest absolute Gasteiger partial charge is 0.0579 e. The van der Waals surface area contributed by atoms with Gasteiger partial charge < -0.3 is 10.6 Å². The Labute approximate surface area is 153 Å². The quantitative estimate of drug-likeness (QED) is 0.804. The highest BCUT2D eigenvalue weighted by molar-refractivity contribution is 5.34. The maximum absolute atomic E-state index is 3.50. The number of hydrogen-bond acceptors (Lipinski definition) is 4. The second-order valence-corrected chi connectivity index (χ2v) is 7.64. The molecule has 0 aromatic heterocycles. The summed E-state index contributed by atoms with van der Waals surface area (Å²) in [7, 11) is 0. The van der Waals surface area contributed by atoms with Crippen LogP contribution in [0.1, 0.15) is 32.4 Å². The van der Waals surface area contributed by atoms with Crippen LogP contribution in [-0.4, -0.2) is 67.7 Å². The summed E-state index contributed by atoms with van der Waals surface area (Å²) in [4.78, 5) is 5.31. The lowest BCUT2D eigenvalue weighted by molar-refractivity contribution is 0.103. The monoisotopic (exact) mass is 342 g/mol. The van der Waals surface area contributed by atoms with Gasteiger partial charge in [-0.3, -0.25) is 9.80 Å². The van der Waals surface area contributed by atoms with Crippen molar-refractivity contribution in [2.24, 2.45) is 0 Å². The molecule has 2 aliphatic heterocycles. The molecule has 0 bridgehead atoms. The Kier molecular flexibility index (Phi) is 6.29. The lowest BCUT2D eigenvalue weighted by Crippen LogP contribution is -2.56. The summed E-state index contributed by atoms with van der Waals surface area (Å²) in [6.07, 6.45) is 2.38. The van der Waals surface area contributed by atoms with Crippen LogP contribution in [0.25, 0.3) is 0 Å². The van der Waals surface area contributed by atoms with E-state index in [0.29, 0.717) is 6.04 Å². The van der Waals surface area contributed by atoms with E-state index in [-0.39, 0.29) is 5.54 Å². The lowest BCUT2D eigenvalue weighted by atomic mass is 9.82. The second-order valence-electron chi connectivity index (χ2n) is 7.64. The van der Waals surface area contributed by atoms with Gasteiger partial charge in [0, 0.05) is 57.9 Å². The molecule has 2 heterocycles. The molecule has 0 radical (unpaired) electrons. The molecule has 2 fully saturated rings. The summed E-state index contributed by atoms with van der Waals surface area (Å²) in [5.41, 5.74) is 3.01. The average molecular weight is 343 g/mol. The minimum absolute atomic E-state index is 0.0578. The Morgan fingerprint density at radius 1 is 0.960 bits per heavy atom. The fraction of sp³-hybridized carbons (Fsp3) is 0.619. The van der Waals surface area contributed by atoms with E-state index in [9.17, 15) is 0 Å². The number of nitrogens with one attached hydrogen (secondary N) is 2. The van der Waals surface area contributed by atoms with Gasteiger partial charge in [-0.1, -0.05) is 36.4 Å². The van der Waals surface area contributed by atoms with E-state index >= 15 is 0 Å². The fourth-order valence-corrected chi connectivity index (χ4v) is 4.41. The van der Waals surface area contributed by atoms with Crippen LogP contribution in [0, 0.1) is 0 Å². The summed E-state index contributed by atoms with van der Waals surface area (Å²) in [6.45, 7) is 15.8. The molecule has 2 aliphatic rings. The zero-order valence-electron chi connectivity index (χ0n) is 16.1. The topological polar surface area (TPSA) is 30.5 Å². The highest BCUT2D eigenvalue weighted by Gasteiger charge is 2.38. The zero-order chi connectivity index (χ0) is 17.7. The third-order valence-corrected chi connectivity index (χ3v) is 5.85. The predicted octanol–water partition coefficient (Wildman–Crippen LogP) is 2.26.